The SMILES string of the molecule is CSc1nc2nc(N)ccc2[nH]1. The Balaban J connectivity index is 2.67. The molecule has 12 heavy (non-hydrogen) atoms. The van der Waals surface area contributed by atoms with E-state index in [4.69, 9.17) is 5.73 Å². The fourth-order valence-corrected chi connectivity index (χ4v) is 1.37. The maximum atomic E-state index is 5.50. The van der Waals surface area contributed by atoms with E-state index in [0.29, 0.717) is 11.5 Å². The lowest BCUT2D eigenvalue weighted by Crippen LogP contribution is -1.88. The normalized spacial score (nSPS) is 10.8. The molecule has 2 heterocycles. The Morgan fingerprint density at radius 3 is 3.00 bits per heavy atom. The van der Waals surface area contributed by atoms with Gasteiger partial charge in [-0.2, -0.15) is 0 Å². The Hall–Kier alpha value is -1.23. The second kappa shape index (κ2) is 2.67. The number of rotatable bonds is 1. The molecular formula is C7H8N4S. The zero-order chi connectivity index (χ0) is 8.55. The van der Waals surface area contributed by atoms with E-state index in [1.807, 2.05) is 12.3 Å². The van der Waals surface area contributed by atoms with E-state index in [-0.39, 0.29) is 0 Å². The molecule has 0 fully saturated rings. The number of aromatic amines is 1. The molecule has 0 bridgehead atoms. The molecule has 0 saturated heterocycles. The fraction of sp³-hybridized carbons (Fsp3) is 0.143. The highest BCUT2D eigenvalue weighted by molar-refractivity contribution is 7.98. The molecule has 62 valence electrons. The number of nitrogens with two attached hydrogens (primary N) is 1. The topological polar surface area (TPSA) is 67.6 Å². The van der Waals surface area contributed by atoms with Crippen LogP contribution in [-0.2, 0) is 0 Å². The molecule has 2 aromatic rings. The predicted molar refractivity (Wildman–Crippen MR) is 50.1 cm³/mol. The summed E-state index contributed by atoms with van der Waals surface area (Å²) in [6.07, 6.45) is 1.96. The van der Waals surface area contributed by atoms with Crippen LogP contribution in [0, 0.1) is 0 Å². The lowest BCUT2D eigenvalue weighted by atomic mass is 10.4. The van der Waals surface area contributed by atoms with Gasteiger partial charge in [0.05, 0.1) is 5.52 Å². The van der Waals surface area contributed by atoms with Crippen molar-refractivity contribution in [2.45, 2.75) is 5.16 Å². The number of hydrogen-bond acceptors (Lipinski definition) is 4. The number of imidazole rings is 1. The first kappa shape index (κ1) is 7.42. The summed E-state index contributed by atoms with van der Waals surface area (Å²) in [6, 6.07) is 3.63. The average molecular weight is 180 g/mol. The van der Waals surface area contributed by atoms with Crippen molar-refractivity contribution in [3.63, 3.8) is 0 Å². The third kappa shape index (κ3) is 1.12. The van der Waals surface area contributed by atoms with Gasteiger partial charge in [0.25, 0.3) is 0 Å². The minimum atomic E-state index is 0.502. The van der Waals surface area contributed by atoms with Crippen molar-refractivity contribution in [1.29, 1.82) is 0 Å². The molecule has 0 spiro atoms. The Bertz CT molecular complexity index is 409. The second-order valence-electron chi connectivity index (χ2n) is 2.35. The summed E-state index contributed by atoms with van der Waals surface area (Å²) in [4.78, 5) is 11.4. The molecule has 0 aliphatic heterocycles. The molecule has 4 nitrogen and oxygen atoms in total. The largest absolute Gasteiger partial charge is 0.384 e. The maximum Gasteiger partial charge on any atom is 0.180 e. The van der Waals surface area contributed by atoms with Crippen molar-refractivity contribution < 1.29 is 0 Å². The van der Waals surface area contributed by atoms with E-state index in [2.05, 4.69) is 15.0 Å². The van der Waals surface area contributed by atoms with Crippen LogP contribution in [0.5, 0.6) is 0 Å². The van der Waals surface area contributed by atoms with Gasteiger partial charge >= 0.3 is 0 Å². The Kier molecular flexibility index (Phi) is 1.65. The summed E-state index contributed by atoms with van der Waals surface area (Å²) < 4.78 is 0. The molecule has 0 radical (unpaired) electrons. The first-order valence-electron chi connectivity index (χ1n) is 3.46. The zero-order valence-electron chi connectivity index (χ0n) is 6.53. The van der Waals surface area contributed by atoms with Crippen molar-refractivity contribution in [2.24, 2.45) is 0 Å². The molecule has 5 heteroatoms. The number of aromatic nitrogens is 3. The molecule has 0 unspecified atom stereocenters. The van der Waals surface area contributed by atoms with Crippen LogP contribution in [0.25, 0.3) is 11.2 Å². The highest BCUT2D eigenvalue weighted by Gasteiger charge is 2.01. The Labute approximate surface area is 73.6 Å². The van der Waals surface area contributed by atoms with Crippen LogP contribution in [0.3, 0.4) is 0 Å². The summed E-state index contributed by atoms with van der Waals surface area (Å²) in [5.41, 5.74) is 7.11. The van der Waals surface area contributed by atoms with Gasteiger partial charge in [0.15, 0.2) is 10.8 Å². The van der Waals surface area contributed by atoms with Crippen LogP contribution in [0.2, 0.25) is 0 Å². The number of pyridine rings is 1. The standard InChI is InChI=1S/C7H8N4S/c1-12-7-9-4-2-3-5(8)10-6(4)11-7/h2-3H,1H3,(H3,8,9,10,11). The predicted octanol–water partition coefficient (Wildman–Crippen LogP) is 1.26. The number of thioether (sulfide) groups is 1. The minimum Gasteiger partial charge on any atom is -0.384 e. The van der Waals surface area contributed by atoms with Crippen LogP contribution >= 0.6 is 11.8 Å². The third-order valence-corrected chi connectivity index (χ3v) is 2.12. The molecule has 2 aromatic heterocycles. The van der Waals surface area contributed by atoms with Gasteiger partial charge in [-0.1, -0.05) is 11.8 Å². The van der Waals surface area contributed by atoms with Crippen LogP contribution in [-0.4, -0.2) is 21.2 Å². The van der Waals surface area contributed by atoms with Crippen LogP contribution in [0.1, 0.15) is 0 Å². The van der Waals surface area contributed by atoms with Crippen molar-refractivity contribution in [1.82, 2.24) is 15.0 Å². The molecule has 3 N–H and O–H groups in total. The molecule has 0 atom stereocenters. The highest BCUT2D eigenvalue weighted by Crippen LogP contribution is 2.16. The van der Waals surface area contributed by atoms with E-state index < -0.39 is 0 Å². The molecule has 0 aliphatic rings. The van der Waals surface area contributed by atoms with Gasteiger partial charge in [0.1, 0.15) is 5.82 Å². The number of anilines is 1. The summed E-state index contributed by atoms with van der Waals surface area (Å²) >= 11 is 1.55. The van der Waals surface area contributed by atoms with Crippen molar-refractivity contribution in [2.75, 3.05) is 12.0 Å². The lowest BCUT2D eigenvalue weighted by molar-refractivity contribution is 1.08. The number of nitrogens with zero attached hydrogens (tertiary/aromatic N) is 2. The van der Waals surface area contributed by atoms with Gasteiger partial charge in [0.2, 0.25) is 0 Å². The molecule has 0 saturated carbocycles. The summed E-state index contributed by atoms with van der Waals surface area (Å²) in [5, 5.41) is 0.864. The van der Waals surface area contributed by atoms with Gasteiger partial charge in [-0.25, -0.2) is 9.97 Å². The molecule has 0 amide bonds. The van der Waals surface area contributed by atoms with Gasteiger partial charge in [-0.15, -0.1) is 0 Å². The first-order chi connectivity index (χ1) is 5.79. The van der Waals surface area contributed by atoms with Crippen LogP contribution in [0.15, 0.2) is 17.3 Å². The molecule has 2 rings (SSSR count). The van der Waals surface area contributed by atoms with E-state index in [1.54, 1.807) is 17.8 Å². The first-order valence-corrected chi connectivity index (χ1v) is 4.68. The highest BCUT2D eigenvalue weighted by atomic mass is 32.2. The third-order valence-electron chi connectivity index (χ3n) is 1.54. The molecule has 0 aliphatic carbocycles. The maximum absolute atomic E-state index is 5.50. The number of fused-ring (bicyclic) bond motifs is 1. The number of hydrogen-bond donors (Lipinski definition) is 2. The second-order valence-corrected chi connectivity index (χ2v) is 3.15. The van der Waals surface area contributed by atoms with Crippen molar-refractivity contribution >= 4 is 28.7 Å². The van der Waals surface area contributed by atoms with Gasteiger partial charge in [-0.3, -0.25) is 0 Å². The molecule has 0 aromatic carbocycles. The zero-order valence-corrected chi connectivity index (χ0v) is 7.35. The number of H-pyrrole nitrogens is 1. The van der Waals surface area contributed by atoms with Crippen LogP contribution < -0.4 is 5.73 Å². The monoisotopic (exact) mass is 180 g/mol. The number of nitrogens with one attached hydrogen (secondary N) is 1. The number of nitrogen functional groups attached to an aromatic ring is 1. The Morgan fingerprint density at radius 2 is 2.25 bits per heavy atom. The van der Waals surface area contributed by atoms with E-state index in [1.165, 1.54) is 0 Å². The average Bonchev–Trinajstić information content (AvgIpc) is 2.46. The van der Waals surface area contributed by atoms with E-state index in [9.17, 15) is 0 Å². The van der Waals surface area contributed by atoms with E-state index >= 15 is 0 Å². The lowest BCUT2D eigenvalue weighted by Gasteiger charge is -1.88. The van der Waals surface area contributed by atoms with E-state index in [0.717, 1.165) is 10.7 Å². The quantitative estimate of drug-likeness (QED) is 0.648. The van der Waals surface area contributed by atoms with Gasteiger partial charge in [0, 0.05) is 0 Å². The summed E-state index contributed by atoms with van der Waals surface area (Å²) in [6.45, 7) is 0. The molecular weight excluding hydrogens is 172 g/mol. The fourth-order valence-electron chi connectivity index (χ4n) is 0.982. The van der Waals surface area contributed by atoms with Gasteiger partial charge < -0.3 is 10.7 Å². The van der Waals surface area contributed by atoms with Crippen molar-refractivity contribution in [3.05, 3.63) is 12.1 Å². The minimum absolute atomic E-state index is 0.502. The summed E-state index contributed by atoms with van der Waals surface area (Å²) in [5.74, 6) is 0.502. The van der Waals surface area contributed by atoms with Crippen LogP contribution in [0.4, 0.5) is 5.82 Å². The Morgan fingerprint density at radius 1 is 1.42 bits per heavy atom. The smallest absolute Gasteiger partial charge is 0.180 e. The van der Waals surface area contributed by atoms with Gasteiger partial charge in [-0.05, 0) is 18.4 Å². The summed E-state index contributed by atoms with van der Waals surface area (Å²) in [7, 11) is 0. The van der Waals surface area contributed by atoms with Crippen molar-refractivity contribution in [3.8, 4) is 0 Å².